The number of hydrogen-bond donors (Lipinski definition) is 4. The van der Waals surface area contributed by atoms with Crippen molar-refractivity contribution < 1.29 is 15.0 Å². The first-order valence-corrected chi connectivity index (χ1v) is 6.09. The molecule has 0 amide bonds. The third-order valence-electron chi connectivity index (χ3n) is 2.29. The first kappa shape index (κ1) is 16.1. The summed E-state index contributed by atoms with van der Waals surface area (Å²) in [6.07, 6.45) is 5.34. The van der Waals surface area contributed by atoms with Crippen molar-refractivity contribution in [3.05, 3.63) is 12.2 Å². The summed E-state index contributed by atoms with van der Waals surface area (Å²) in [6.45, 7) is 5.38. The van der Waals surface area contributed by atoms with Gasteiger partial charge in [0.25, 0.3) is 0 Å². The van der Waals surface area contributed by atoms with Crippen LogP contribution in [0.5, 0.6) is 0 Å². The minimum Gasteiger partial charge on any atom is -0.480 e. The number of aliphatic carboxylic acids is 1. The lowest BCUT2D eigenvalue weighted by Gasteiger charge is -2.11. The number of hydrogen-bond acceptors (Lipinski definition) is 4. The van der Waals surface area contributed by atoms with Crippen molar-refractivity contribution in [2.24, 2.45) is 0 Å². The molecule has 0 saturated carbocycles. The van der Waals surface area contributed by atoms with E-state index in [9.17, 15) is 9.90 Å². The van der Waals surface area contributed by atoms with Crippen molar-refractivity contribution in [3.8, 4) is 0 Å². The summed E-state index contributed by atoms with van der Waals surface area (Å²) in [5.41, 5.74) is 0. The fourth-order valence-electron chi connectivity index (χ4n) is 1.20. The normalized spacial score (nSPS) is 15.0. The number of carbonyl (C=O) groups is 1. The second kappa shape index (κ2) is 10.3. The van der Waals surface area contributed by atoms with Gasteiger partial charge in [-0.15, -0.1) is 0 Å². The van der Waals surface area contributed by atoms with E-state index in [-0.39, 0.29) is 0 Å². The summed E-state index contributed by atoms with van der Waals surface area (Å²) in [5, 5.41) is 24.0. The standard InChI is InChI=1S/C12H24N2O3/c1-3-4-5-6-11(15)9-13-7-8-14-10(2)12(16)17/h5-6,10-11,13-15H,3-4,7-9H2,1-2H3,(H,16,17)/b6-5+. The minimum atomic E-state index is -0.854. The van der Waals surface area contributed by atoms with E-state index in [0.717, 1.165) is 12.8 Å². The monoisotopic (exact) mass is 244 g/mol. The summed E-state index contributed by atoms with van der Waals surface area (Å²) in [5.74, 6) is -0.854. The third kappa shape index (κ3) is 9.99. The van der Waals surface area contributed by atoms with Gasteiger partial charge < -0.3 is 20.8 Å². The number of rotatable bonds is 10. The molecule has 2 atom stereocenters. The van der Waals surface area contributed by atoms with E-state index in [1.54, 1.807) is 13.0 Å². The van der Waals surface area contributed by atoms with E-state index in [1.165, 1.54) is 0 Å². The van der Waals surface area contributed by atoms with E-state index in [2.05, 4.69) is 17.6 Å². The van der Waals surface area contributed by atoms with Crippen molar-refractivity contribution in [3.63, 3.8) is 0 Å². The zero-order valence-corrected chi connectivity index (χ0v) is 10.6. The van der Waals surface area contributed by atoms with E-state index in [4.69, 9.17) is 5.11 Å². The predicted octanol–water partition coefficient (Wildman–Crippen LogP) is 0.356. The fourth-order valence-corrected chi connectivity index (χ4v) is 1.20. The first-order valence-electron chi connectivity index (χ1n) is 6.09. The highest BCUT2D eigenvalue weighted by atomic mass is 16.4. The fraction of sp³-hybridized carbons (Fsp3) is 0.750. The second-order valence-electron chi connectivity index (χ2n) is 4.00. The lowest BCUT2D eigenvalue weighted by Crippen LogP contribution is -2.39. The maximum Gasteiger partial charge on any atom is 0.320 e. The Hall–Kier alpha value is -0.910. The van der Waals surface area contributed by atoms with E-state index >= 15 is 0 Å². The Labute approximate surface area is 103 Å². The molecule has 0 aromatic rings. The molecule has 0 radical (unpaired) electrons. The average molecular weight is 244 g/mol. The molecule has 2 unspecified atom stereocenters. The molecule has 0 fully saturated rings. The second-order valence-corrected chi connectivity index (χ2v) is 4.00. The highest BCUT2D eigenvalue weighted by molar-refractivity contribution is 5.72. The van der Waals surface area contributed by atoms with Crippen LogP contribution in [0.1, 0.15) is 26.7 Å². The summed E-state index contributed by atoms with van der Waals surface area (Å²) >= 11 is 0. The van der Waals surface area contributed by atoms with Crippen molar-refractivity contribution in [2.45, 2.75) is 38.8 Å². The molecule has 4 N–H and O–H groups in total. The van der Waals surface area contributed by atoms with Crippen molar-refractivity contribution in [1.29, 1.82) is 0 Å². The molecule has 0 aliphatic carbocycles. The van der Waals surface area contributed by atoms with Crippen LogP contribution in [0.4, 0.5) is 0 Å². The molecule has 0 aromatic carbocycles. The van der Waals surface area contributed by atoms with Crippen LogP contribution in [0.3, 0.4) is 0 Å². The number of nitrogens with one attached hydrogen (secondary N) is 2. The third-order valence-corrected chi connectivity index (χ3v) is 2.29. The lowest BCUT2D eigenvalue weighted by atomic mass is 10.2. The first-order chi connectivity index (χ1) is 8.07. The topological polar surface area (TPSA) is 81.6 Å². The van der Waals surface area contributed by atoms with Gasteiger partial charge >= 0.3 is 5.97 Å². The van der Waals surface area contributed by atoms with E-state index < -0.39 is 18.1 Å². The smallest absolute Gasteiger partial charge is 0.320 e. The van der Waals surface area contributed by atoms with Crippen LogP contribution in [0.2, 0.25) is 0 Å². The molecule has 0 saturated heterocycles. The van der Waals surface area contributed by atoms with Gasteiger partial charge in [-0.3, -0.25) is 4.79 Å². The van der Waals surface area contributed by atoms with Gasteiger partial charge in [-0.25, -0.2) is 0 Å². The molecule has 5 nitrogen and oxygen atoms in total. The van der Waals surface area contributed by atoms with Gasteiger partial charge in [0.05, 0.1) is 6.10 Å². The molecule has 17 heavy (non-hydrogen) atoms. The number of aliphatic hydroxyl groups is 1. The highest BCUT2D eigenvalue weighted by Crippen LogP contribution is 1.91. The van der Waals surface area contributed by atoms with Crippen molar-refractivity contribution >= 4 is 5.97 Å². The predicted molar refractivity (Wildman–Crippen MR) is 68.0 cm³/mol. The Balaban J connectivity index is 3.42. The van der Waals surface area contributed by atoms with Crippen LogP contribution in [-0.4, -0.2) is 48.0 Å². The summed E-state index contributed by atoms with van der Waals surface area (Å²) < 4.78 is 0. The van der Waals surface area contributed by atoms with Crippen LogP contribution in [-0.2, 0) is 4.79 Å². The van der Waals surface area contributed by atoms with Crippen LogP contribution >= 0.6 is 0 Å². The van der Waals surface area contributed by atoms with Crippen molar-refractivity contribution in [2.75, 3.05) is 19.6 Å². The van der Waals surface area contributed by atoms with Gasteiger partial charge in [0, 0.05) is 19.6 Å². The molecule has 0 heterocycles. The molecule has 0 aliphatic rings. The largest absolute Gasteiger partial charge is 0.480 e. The number of carboxylic acids is 1. The van der Waals surface area contributed by atoms with E-state index in [1.807, 2.05) is 6.08 Å². The van der Waals surface area contributed by atoms with Gasteiger partial charge in [-0.2, -0.15) is 0 Å². The summed E-state index contributed by atoms with van der Waals surface area (Å²) in [6, 6.07) is -0.536. The highest BCUT2D eigenvalue weighted by Gasteiger charge is 2.08. The van der Waals surface area contributed by atoms with Crippen molar-refractivity contribution in [1.82, 2.24) is 10.6 Å². The number of unbranched alkanes of at least 4 members (excludes halogenated alkanes) is 1. The molecular formula is C12H24N2O3. The van der Waals surface area contributed by atoms with Gasteiger partial charge in [0.2, 0.25) is 0 Å². The zero-order valence-electron chi connectivity index (χ0n) is 10.6. The molecule has 0 bridgehead atoms. The molecule has 0 aromatic heterocycles. The van der Waals surface area contributed by atoms with Gasteiger partial charge in [0.15, 0.2) is 0 Å². The average Bonchev–Trinajstić information content (AvgIpc) is 2.28. The maximum absolute atomic E-state index is 10.5. The lowest BCUT2D eigenvalue weighted by molar-refractivity contribution is -0.138. The van der Waals surface area contributed by atoms with Crippen LogP contribution in [0.25, 0.3) is 0 Å². The Morgan fingerprint density at radius 2 is 2.12 bits per heavy atom. The van der Waals surface area contributed by atoms with Gasteiger partial charge in [0.1, 0.15) is 6.04 Å². The minimum absolute atomic E-state index is 0.474. The van der Waals surface area contributed by atoms with E-state index in [0.29, 0.717) is 19.6 Å². The maximum atomic E-state index is 10.5. The summed E-state index contributed by atoms with van der Waals surface area (Å²) in [7, 11) is 0. The molecule has 5 heteroatoms. The SMILES string of the molecule is CCC/C=C/C(O)CNCCNC(C)C(=O)O. The Bertz CT molecular complexity index is 232. The van der Waals surface area contributed by atoms with Crippen LogP contribution in [0.15, 0.2) is 12.2 Å². The molecule has 0 spiro atoms. The summed E-state index contributed by atoms with van der Waals surface area (Å²) in [4.78, 5) is 10.5. The Kier molecular flexibility index (Phi) is 9.71. The number of aliphatic hydroxyl groups excluding tert-OH is 1. The quantitative estimate of drug-likeness (QED) is 0.329. The van der Waals surface area contributed by atoms with Gasteiger partial charge in [-0.05, 0) is 13.3 Å². The van der Waals surface area contributed by atoms with Crippen LogP contribution in [0, 0.1) is 0 Å². The Morgan fingerprint density at radius 3 is 2.71 bits per heavy atom. The zero-order chi connectivity index (χ0) is 13.1. The van der Waals surface area contributed by atoms with Gasteiger partial charge in [-0.1, -0.05) is 25.5 Å². The Morgan fingerprint density at radius 1 is 1.41 bits per heavy atom. The number of allylic oxidation sites excluding steroid dienone is 1. The number of carboxylic acid groups (broad SMARTS) is 1. The molecule has 0 aliphatic heterocycles. The molecular weight excluding hydrogens is 220 g/mol. The molecule has 100 valence electrons. The molecule has 0 rings (SSSR count). The van der Waals surface area contributed by atoms with Crippen LogP contribution < -0.4 is 10.6 Å².